The number of alkyl carbamates (subject to hydrolysis) is 1. The Hall–Kier alpha value is -3.03. The van der Waals surface area contributed by atoms with E-state index in [4.69, 9.17) is 4.74 Å². The number of alkyl halides is 1. The van der Waals surface area contributed by atoms with Gasteiger partial charge in [0.05, 0.1) is 4.92 Å². The molecule has 26 heavy (non-hydrogen) atoms. The maximum atomic E-state index is 15.8. The van der Waals surface area contributed by atoms with Crippen LogP contribution < -0.4 is 5.32 Å². The number of ether oxygens (including phenoxy) is 1. The number of aromatic nitrogens is 1. The molecule has 8 heteroatoms. The number of carbonyl (C=O) groups excluding carboxylic acids is 1. The van der Waals surface area contributed by atoms with Crippen LogP contribution in [0.2, 0.25) is 0 Å². The number of nitro groups is 1. The fourth-order valence-corrected chi connectivity index (χ4v) is 2.39. The van der Waals surface area contributed by atoms with Crippen molar-refractivity contribution in [2.75, 3.05) is 0 Å². The van der Waals surface area contributed by atoms with E-state index in [-0.39, 0.29) is 5.56 Å². The molecule has 1 heterocycles. The molecule has 2 aromatic rings. The largest absolute Gasteiger partial charge is 0.444 e. The molecule has 7 nitrogen and oxygen atoms in total. The quantitative estimate of drug-likeness (QED) is 0.497. The lowest BCUT2D eigenvalue weighted by Gasteiger charge is -2.28. The smallest absolute Gasteiger partial charge is 0.425 e. The minimum atomic E-state index is -3.18. The zero-order valence-electron chi connectivity index (χ0n) is 14.7. The molecule has 0 aliphatic heterocycles. The molecule has 2 atom stereocenters. The molecule has 2 unspecified atom stereocenters. The molecule has 1 amide bonds. The van der Waals surface area contributed by atoms with Gasteiger partial charge in [-0.3, -0.25) is 15.1 Å². The fraction of sp³-hybridized carbons (Fsp3) is 0.333. The number of benzene rings is 1. The van der Waals surface area contributed by atoms with Gasteiger partial charge in [-0.15, -0.1) is 0 Å². The zero-order valence-corrected chi connectivity index (χ0v) is 14.7. The molecule has 1 aromatic carbocycles. The third-order valence-electron chi connectivity index (χ3n) is 3.47. The van der Waals surface area contributed by atoms with Crippen LogP contribution in [0.25, 0.3) is 0 Å². The Balaban J connectivity index is 2.51. The van der Waals surface area contributed by atoms with Crippen molar-refractivity contribution in [3.63, 3.8) is 0 Å². The monoisotopic (exact) mass is 361 g/mol. The molecule has 0 radical (unpaired) electrons. The van der Waals surface area contributed by atoms with Crippen molar-refractivity contribution in [3.8, 4) is 0 Å². The normalized spacial score (nSPS) is 14.8. The topological polar surface area (TPSA) is 94.4 Å². The first kappa shape index (κ1) is 19.3. The van der Waals surface area contributed by atoms with E-state index >= 15 is 4.39 Å². The molecule has 138 valence electrons. The molecular formula is C18H20FN3O4. The van der Waals surface area contributed by atoms with Crippen LogP contribution in [0.3, 0.4) is 0 Å². The minimum absolute atomic E-state index is 0.211. The van der Waals surface area contributed by atoms with Gasteiger partial charge in [-0.2, -0.15) is 4.39 Å². The van der Waals surface area contributed by atoms with Crippen LogP contribution in [0.1, 0.15) is 38.1 Å². The van der Waals surface area contributed by atoms with E-state index in [2.05, 4.69) is 10.3 Å². The van der Waals surface area contributed by atoms with Gasteiger partial charge in [0.2, 0.25) is 0 Å². The van der Waals surface area contributed by atoms with Gasteiger partial charge in [-0.05, 0) is 38.5 Å². The van der Waals surface area contributed by atoms with Crippen LogP contribution in [0.15, 0.2) is 54.7 Å². The lowest BCUT2D eigenvalue weighted by atomic mass is 9.94. The van der Waals surface area contributed by atoms with Crippen molar-refractivity contribution < 1.29 is 18.8 Å². The summed E-state index contributed by atoms with van der Waals surface area (Å²) >= 11 is 0. The summed E-state index contributed by atoms with van der Waals surface area (Å²) in [7, 11) is 0. The summed E-state index contributed by atoms with van der Waals surface area (Å²) in [5.74, 6) is -3.18. The Morgan fingerprint density at radius 2 is 1.81 bits per heavy atom. The minimum Gasteiger partial charge on any atom is -0.444 e. The predicted octanol–water partition coefficient (Wildman–Crippen LogP) is 3.75. The Kier molecular flexibility index (Phi) is 5.54. The van der Waals surface area contributed by atoms with E-state index in [9.17, 15) is 14.9 Å². The Morgan fingerprint density at radius 1 is 1.19 bits per heavy atom. The zero-order chi connectivity index (χ0) is 19.4. The van der Waals surface area contributed by atoms with Gasteiger partial charge in [0.15, 0.2) is 11.7 Å². The molecule has 1 aromatic heterocycles. The summed E-state index contributed by atoms with van der Waals surface area (Å²) in [5.41, 5.74) is -1.05. The summed E-state index contributed by atoms with van der Waals surface area (Å²) in [6.45, 7) is 4.91. The van der Waals surface area contributed by atoms with Crippen molar-refractivity contribution in [1.82, 2.24) is 10.3 Å². The van der Waals surface area contributed by atoms with Crippen LogP contribution >= 0.6 is 0 Å². The first-order valence-corrected chi connectivity index (χ1v) is 7.94. The van der Waals surface area contributed by atoms with Gasteiger partial charge in [-0.1, -0.05) is 36.4 Å². The molecule has 0 aliphatic carbocycles. The lowest BCUT2D eigenvalue weighted by Crippen LogP contribution is -2.48. The van der Waals surface area contributed by atoms with Gasteiger partial charge in [-0.25, -0.2) is 4.79 Å². The molecule has 0 spiro atoms. The third kappa shape index (κ3) is 4.33. The predicted molar refractivity (Wildman–Crippen MR) is 92.6 cm³/mol. The Bertz CT molecular complexity index is 765. The van der Waals surface area contributed by atoms with Crippen molar-refractivity contribution >= 4 is 6.09 Å². The number of carbonyl (C=O) groups is 1. The molecule has 0 saturated carbocycles. The van der Waals surface area contributed by atoms with E-state index in [0.717, 1.165) is 0 Å². The highest BCUT2D eigenvalue weighted by molar-refractivity contribution is 5.68. The molecule has 0 fully saturated rings. The van der Waals surface area contributed by atoms with Crippen LogP contribution in [0.4, 0.5) is 9.18 Å². The summed E-state index contributed by atoms with van der Waals surface area (Å²) in [6.07, 6.45) is 0.286. The van der Waals surface area contributed by atoms with Crippen molar-refractivity contribution in [3.05, 3.63) is 76.1 Å². The second-order valence-corrected chi connectivity index (χ2v) is 6.64. The van der Waals surface area contributed by atoms with E-state index in [1.165, 1.54) is 36.5 Å². The summed E-state index contributed by atoms with van der Waals surface area (Å²) in [5, 5.41) is 14.0. The average Bonchev–Trinajstić information content (AvgIpc) is 2.59. The highest BCUT2D eigenvalue weighted by Crippen LogP contribution is 2.38. The molecule has 0 aliphatic rings. The maximum absolute atomic E-state index is 15.8. The van der Waals surface area contributed by atoms with Crippen molar-refractivity contribution in [2.45, 2.75) is 38.2 Å². The van der Waals surface area contributed by atoms with Crippen LogP contribution in [0, 0.1) is 10.1 Å². The van der Waals surface area contributed by atoms with E-state index < -0.39 is 34.1 Å². The van der Waals surface area contributed by atoms with Gasteiger partial charge in [0, 0.05) is 6.20 Å². The van der Waals surface area contributed by atoms with Crippen molar-refractivity contribution in [2.24, 2.45) is 0 Å². The maximum Gasteiger partial charge on any atom is 0.425 e. The van der Waals surface area contributed by atoms with E-state index in [0.29, 0.717) is 0 Å². The van der Waals surface area contributed by atoms with Gasteiger partial charge in [0.1, 0.15) is 5.60 Å². The van der Waals surface area contributed by atoms with Crippen molar-refractivity contribution in [1.29, 1.82) is 0 Å². The lowest BCUT2D eigenvalue weighted by molar-refractivity contribution is -0.624. The molecule has 2 rings (SSSR count). The van der Waals surface area contributed by atoms with E-state index in [1.54, 1.807) is 39.0 Å². The van der Waals surface area contributed by atoms with Gasteiger partial charge >= 0.3 is 11.9 Å². The first-order chi connectivity index (χ1) is 12.1. The highest BCUT2D eigenvalue weighted by atomic mass is 19.1. The second-order valence-electron chi connectivity index (χ2n) is 6.64. The molecule has 1 N–H and O–H groups in total. The highest BCUT2D eigenvalue weighted by Gasteiger charge is 2.56. The number of nitrogens with one attached hydrogen (secondary N) is 1. The second kappa shape index (κ2) is 7.47. The third-order valence-corrected chi connectivity index (χ3v) is 3.47. The molecule has 0 bridgehead atoms. The SMILES string of the molecule is CC(C)(C)OC(=O)NC(c1ccccc1)C(F)(c1ccccn1)[N+](=O)[O-]. The van der Waals surface area contributed by atoms with Gasteiger partial charge in [0.25, 0.3) is 0 Å². The fourth-order valence-electron chi connectivity index (χ4n) is 2.39. The number of halogens is 1. The van der Waals surface area contributed by atoms with Crippen LogP contribution in [0.5, 0.6) is 0 Å². The Morgan fingerprint density at radius 3 is 2.31 bits per heavy atom. The summed E-state index contributed by atoms with van der Waals surface area (Å²) < 4.78 is 20.9. The molecule has 0 saturated heterocycles. The summed E-state index contributed by atoms with van der Waals surface area (Å²) in [4.78, 5) is 26.6. The number of rotatable bonds is 5. The van der Waals surface area contributed by atoms with Crippen LogP contribution in [-0.2, 0) is 10.5 Å². The number of amides is 1. The van der Waals surface area contributed by atoms with Crippen LogP contribution in [-0.4, -0.2) is 21.6 Å². The molecular weight excluding hydrogens is 341 g/mol. The van der Waals surface area contributed by atoms with Gasteiger partial charge < -0.3 is 10.1 Å². The number of pyridine rings is 1. The van der Waals surface area contributed by atoms with E-state index in [1.807, 2.05) is 0 Å². The summed E-state index contributed by atoms with van der Waals surface area (Å²) in [6, 6.07) is 10.4. The standard InChI is InChI=1S/C18H20FN3O4/c1-17(2,3)26-16(23)21-15(13-9-5-4-6-10-13)18(19,22(24)25)14-11-7-8-12-20-14/h4-12,15H,1-3H3,(H,21,23). The Labute approximate surface area is 150 Å². The average molecular weight is 361 g/mol. The first-order valence-electron chi connectivity index (χ1n) is 7.94. The number of nitrogens with zero attached hydrogens (tertiary/aromatic N) is 2. The number of hydrogen-bond acceptors (Lipinski definition) is 5. The number of hydrogen-bond donors (Lipinski definition) is 1.